The number of aromatic nitrogens is 2. The molecule has 31 heavy (non-hydrogen) atoms. The van der Waals surface area contributed by atoms with E-state index in [9.17, 15) is 9.59 Å². The summed E-state index contributed by atoms with van der Waals surface area (Å²) in [6.07, 6.45) is 0. The highest BCUT2D eigenvalue weighted by Gasteiger charge is 2.14. The van der Waals surface area contributed by atoms with Gasteiger partial charge in [-0.25, -0.2) is 4.68 Å². The Labute approximate surface area is 178 Å². The number of hydrogen-bond acceptors (Lipinski definition) is 7. The molecule has 2 aromatic carbocycles. The molecule has 1 aliphatic heterocycles. The van der Waals surface area contributed by atoms with Crippen LogP contribution in [0.2, 0.25) is 0 Å². The predicted octanol–water partition coefficient (Wildman–Crippen LogP) is 1.84. The number of amides is 1. The number of carbonyl (C=O) groups excluding carboxylic acids is 1. The van der Waals surface area contributed by atoms with Crippen molar-refractivity contribution in [1.82, 2.24) is 15.1 Å². The Kier molecular flexibility index (Phi) is 6.02. The third-order valence-electron chi connectivity index (χ3n) is 4.59. The minimum atomic E-state index is -0.310. The van der Waals surface area contributed by atoms with Crippen LogP contribution in [0.5, 0.6) is 23.0 Å². The number of nitrogens with one attached hydrogen (secondary N) is 1. The number of methoxy groups -OCH3 is 1. The Morgan fingerprint density at radius 3 is 2.84 bits per heavy atom. The summed E-state index contributed by atoms with van der Waals surface area (Å²) in [6.45, 7) is 0.474. The topological polar surface area (TPSA) is 101 Å². The van der Waals surface area contributed by atoms with E-state index in [1.165, 1.54) is 10.7 Å². The van der Waals surface area contributed by atoms with Crippen LogP contribution in [0, 0.1) is 0 Å². The van der Waals surface area contributed by atoms with Crippen molar-refractivity contribution >= 4 is 5.91 Å². The average molecular weight is 423 g/mol. The Hall–Kier alpha value is -4.01. The van der Waals surface area contributed by atoms with Crippen molar-refractivity contribution in [2.45, 2.75) is 6.54 Å². The van der Waals surface area contributed by atoms with Gasteiger partial charge in [-0.3, -0.25) is 9.59 Å². The molecule has 0 radical (unpaired) electrons. The third kappa shape index (κ3) is 4.95. The molecule has 1 N–H and O–H groups in total. The van der Waals surface area contributed by atoms with Crippen LogP contribution in [-0.2, 0) is 11.3 Å². The lowest BCUT2D eigenvalue weighted by molar-refractivity contribution is -0.123. The lowest BCUT2D eigenvalue weighted by Gasteiger charge is -2.10. The molecule has 1 amide bonds. The molecule has 0 aliphatic carbocycles. The molecule has 9 heteroatoms. The highest BCUT2D eigenvalue weighted by atomic mass is 16.7. The molecule has 9 nitrogen and oxygen atoms in total. The largest absolute Gasteiger partial charge is 0.497 e. The maximum atomic E-state index is 12.1. The fourth-order valence-electron chi connectivity index (χ4n) is 3.01. The fourth-order valence-corrected chi connectivity index (χ4v) is 3.01. The summed E-state index contributed by atoms with van der Waals surface area (Å²) in [4.78, 5) is 24.2. The van der Waals surface area contributed by atoms with Crippen molar-refractivity contribution in [1.29, 1.82) is 0 Å². The lowest BCUT2D eigenvalue weighted by atomic mass is 10.1. The van der Waals surface area contributed by atoms with E-state index in [4.69, 9.17) is 18.9 Å². The van der Waals surface area contributed by atoms with E-state index in [1.807, 2.05) is 24.3 Å². The molecule has 3 aromatic rings. The lowest BCUT2D eigenvalue weighted by Crippen LogP contribution is -2.34. The Morgan fingerprint density at radius 2 is 1.97 bits per heavy atom. The Bertz CT molecular complexity index is 1140. The molecule has 0 atom stereocenters. The van der Waals surface area contributed by atoms with Crippen LogP contribution in [0.1, 0.15) is 0 Å². The molecule has 4 rings (SSSR count). The summed E-state index contributed by atoms with van der Waals surface area (Å²) in [7, 11) is 1.59. The van der Waals surface area contributed by atoms with E-state index >= 15 is 0 Å². The SMILES string of the molecule is COc1cccc(-c2ccc(=O)n(CCNC(=O)COc3ccc4c(c3)OCO4)n2)c1. The number of nitrogens with zero attached hydrogens (tertiary/aromatic N) is 2. The summed E-state index contributed by atoms with van der Waals surface area (Å²) in [5.41, 5.74) is 1.21. The van der Waals surface area contributed by atoms with Gasteiger partial charge in [0.2, 0.25) is 6.79 Å². The summed E-state index contributed by atoms with van der Waals surface area (Å²) in [5.74, 6) is 2.12. The quantitative estimate of drug-likeness (QED) is 0.590. The molecule has 160 valence electrons. The molecule has 1 aliphatic rings. The third-order valence-corrected chi connectivity index (χ3v) is 4.59. The van der Waals surface area contributed by atoms with E-state index in [0.29, 0.717) is 28.7 Å². The summed E-state index contributed by atoms with van der Waals surface area (Å²) in [5, 5.41) is 7.10. The molecule has 2 heterocycles. The second-order valence-corrected chi connectivity index (χ2v) is 6.67. The van der Waals surface area contributed by atoms with E-state index in [-0.39, 0.29) is 38.0 Å². The van der Waals surface area contributed by atoms with Crippen LogP contribution >= 0.6 is 0 Å². The van der Waals surface area contributed by atoms with Crippen molar-refractivity contribution in [3.63, 3.8) is 0 Å². The highest BCUT2D eigenvalue weighted by Crippen LogP contribution is 2.35. The summed E-state index contributed by atoms with van der Waals surface area (Å²) in [6, 6.07) is 15.6. The molecule has 0 bridgehead atoms. The summed E-state index contributed by atoms with van der Waals surface area (Å²) < 4.78 is 22.5. The zero-order valence-corrected chi connectivity index (χ0v) is 16.9. The van der Waals surface area contributed by atoms with E-state index < -0.39 is 0 Å². The van der Waals surface area contributed by atoms with E-state index in [0.717, 1.165) is 5.56 Å². The van der Waals surface area contributed by atoms with Crippen LogP contribution in [0.25, 0.3) is 11.3 Å². The van der Waals surface area contributed by atoms with Gasteiger partial charge in [0.15, 0.2) is 18.1 Å². The maximum Gasteiger partial charge on any atom is 0.266 e. The van der Waals surface area contributed by atoms with Crippen molar-refractivity contribution in [2.75, 3.05) is 27.1 Å². The Balaban J connectivity index is 1.30. The molecular weight excluding hydrogens is 402 g/mol. The fraction of sp³-hybridized carbons (Fsp3) is 0.227. The van der Waals surface area contributed by atoms with Gasteiger partial charge >= 0.3 is 0 Å². The van der Waals surface area contributed by atoms with E-state index in [1.54, 1.807) is 31.4 Å². The van der Waals surface area contributed by atoms with Gasteiger partial charge < -0.3 is 24.3 Å². The number of fused-ring (bicyclic) bond motifs is 1. The minimum Gasteiger partial charge on any atom is -0.497 e. The van der Waals surface area contributed by atoms with Gasteiger partial charge in [-0.2, -0.15) is 5.10 Å². The van der Waals surface area contributed by atoms with Crippen molar-refractivity contribution in [2.24, 2.45) is 0 Å². The first-order chi connectivity index (χ1) is 15.1. The van der Waals surface area contributed by atoms with Gasteiger partial charge in [0, 0.05) is 24.2 Å². The van der Waals surface area contributed by atoms with Crippen molar-refractivity contribution in [3.05, 3.63) is 65.0 Å². The first kappa shape index (κ1) is 20.3. The van der Waals surface area contributed by atoms with E-state index in [2.05, 4.69) is 10.4 Å². The molecular formula is C22H21N3O6. The molecule has 0 unspecified atom stereocenters. The average Bonchev–Trinajstić information content (AvgIpc) is 3.27. The van der Waals surface area contributed by atoms with Crippen LogP contribution in [0.3, 0.4) is 0 Å². The second kappa shape index (κ2) is 9.21. The molecule has 1 aromatic heterocycles. The van der Waals surface area contributed by atoms with Crippen LogP contribution in [0.4, 0.5) is 0 Å². The van der Waals surface area contributed by atoms with Crippen molar-refractivity contribution in [3.8, 4) is 34.3 Å². The molecule has 0 saturated carbocycles. The number of rotatable bonds is 8. The van der Waals surface area contributed by atoms with Gasteiger partial charge in [-0.05, 0) is 30.3 Å². The maximum absolute atomic E-state index is 12.1. The zero-order chi connectivity index (χ0) is 21.6. The smallest absolute Gasteiger partial charge is 0.266 e. The molecule has 0 saturated heterocycles. The predicted molar refractivity (Wildman–Crippen MR) is 112 cm³/mol. The summed E-state index contributed by atoms with van der Waals surface area (Å²) >= 11 is 0. The van der Waals surface area contributed by atoms with Crippen LogP contribution in [0.15, 0.2) is 59.4 Å². The van der Waals surface area contributed by atoms with Gasteiger partial charge in [0.1, 0.15) is 11.5 Å². The number of ether oxygens (including phenoxy) is 4. The number of hydrogen-bond donors (Lipinski definition) is 1. The first-order valence-electron chi connectivity index (χ1n) is 9.64. The normalized spacial score (nSPS) is 11.8. The number of carbonyl (C=O) groups is 1. The van der Waals surface area contributed by atoms with Gasteiger partial charge in [0.05, 0.1) is 19.3 Å². The van der Waals surface area contributed by atoms with Crippen LogP contribution < -0.4 is 29.8 Å². The highest BCUT2D eigenvalue weighted by molar-refractivity contribution is 5.77. The van der Waals surface area contributed by atoms with Crippen molar-refractivity contribution < 1.29 is 23.7 Å². The second-order valence-electron chi connectivity index (χ2n) is 6.67. The van der Waals surface area contributed by atoms with Gasteiger partial charge in [-0.1, -0.05) is 12.1 Å². The van der Waals surface area contributed by atoms with Crippen LogP contribution in [-0.4, -0.2) is 42.7 Å². The Morgan fingerprint density at radius 1 is 1.10 bits per heavy atom. The molecule has 0 spiro atoms. The standard InChI is InChI=1S/C22H21N3O6/c1-28-16-4-2-3-15(11-16)18-6-8-22(27)25(24-18)10-9-23-21(26)13-29-17-5-7-19-20(12-17)31-14-30-19/h2-8,11-12H,9-10,13-14H2,1H3,(H,23,26). The van der Waals surface area contributed by atoms with Gasteiger partial charge in [0.25, 0.3) is 11.5 Å². The minimum absolute atomic E-state index is 0.161. The monoisotopic (exact) mass is 423 g/mol. The molecule has 0 fully saturated rings. The zero-order valence-electron chi connectivity index (χ0n) is 16.9. The first-order valence-corrected chi connectivity index (χ1v) is 9.64. The number of benzene rings is 2. The van der Waals surface area contributed by atoms with Gasteiger partial charge in [-0.15, -0.1) is 0 Å².